The van der Waals surface area contributed by atoms with E-state index < -0.39 is 6.04 Å². The van der Waals surface area contributed by atoms with Gasteiger partial charge in [-0.1, -0.05) is 32.1 Å². The van der Waals surface area contributed by atoms with Crippen molar-refractivity contribution in [3.8, 4) is 0 Å². The quantitative estimate of drug-likeness (QED) is 0.887. The summed E-state index contributed by atoms with van der Waals surface area (Å²) >= 11 is 0. The molecule has 1 fully saturated rings. The zero-order chi connectivity index (χ0) is 14.5. The number of rotatable bonds is 4. The molecule has 1 saturated carbocycles. The predicted molar refractivity (Wildman–Crippen MR) is 78.9 cm³/mol. The SMILES string of the molecule is Cc1cc(F)ccc1NC(=O)C(N)CC1CCCCC1. The van der Waals surface area contributed by atoms with E-state index in [9.17, 15) is 9.18 Å². The number of carbonyl (C=O) groups is 1. The van der Waals surface area contributed by atoms with Gasteiger partial charge in [0.05, 0.1) is 6.04 Å². The minimum absolute atomic E-state index is 0.176. The monoisotopic (exact) mass is 278 g/mol. The topological polar surface area (TPSA) is 55.1 Å². The van der Waals surface area contributed by atoms with Crippen LogP contribution in [0.25, 0.3) is 0 Å². The maximum absolute atomic E-state index is 13.0. The Balaban J connectivity index is 1.89. The fourth-order valence-electron chi connectivity index (χ4n) is 2.88. The van der Waals surface area contributed by atoms with Gasteiger partial charge in [-0.2, -0.15) is 0 Å². The van der Waals surface area contributed by atoms with Crippen molar-refractivity contribution < 1.29 is 9.18 Å². The van der Waals surface area contributed by atoms with E-state index in [-0.39, 0.29) is 11.7 Å². The van der Waals surface area contributed by atoms with Crippen molar-refractivity contribution in [2.75, 3.05) is 5.32 Å². The number of benzene rings is 1. The van der Waals surface area contributed by atoms with Crippen LogP contribution in [0.1, 0.15) is 44.1 Å². The van der Waals surface area contributed by atoms with E-state index in [2.05, 4.69) is 5.32 Å². The van der Waals surface area contributed by atoms with Crippen LogP contribution in [0.4, 0.5) is 10.1 Å². The molecule has 20 heavy (non-hydrogen) atoms. The summed E-state index contributed by atoms with van der Waals surface area (Å²) < 4.78 is 13.0. The van der Waals surface area contributed by atoms with Gasteiger partial charge in [0, 0.05) is 5.69 Å². The lowest BCUT2D eigenvalue weighted by Gasteiger charge is -2.24. The Bertz CT molecular complexity index is 470. The molecule has 0 heterocycles. The zero-order valence-electron chi connectivity index (χ0n) is 12.0. The van der Waals surface area contributed by atoms with E-state index in [1.165, 1.54) is 44.2 Å². The van der Waals surface area contributed by atoms with E-state index in [0.717, 1.165) is 6.42 Å². The second-order valence-corrected chi connectivity index (χ2v) is 5.79. The minimum Gasteiger partial charge on any atom is -0.324 e. The Hall–Kier alpha value is -1.42. The molecule has 1 unspecified atom stereocenters. The molecule has 0 radical (unpaired) electrons. The number of nitrogens with two attached hydrogens (primary N) is 1. The Morgan fingerprint density at radius 3 is 2.75 bits per heavy atom. The highest BCUT2D eigenvalue weighted by Crippen LogP contribution is 2.27. The number of amides is 1. The third-order valence-electron chi connectivity index (χ3n) is 4.10. The molecule has 3 N–H and O–H groups in total. The molecule has 110 valence electrons. The number of halogens is 1. The summed E-state index contributed by atoms with van der Waals surface area (Å²) in [5.41, 5.74) is 7.34. The molecular weight excluding hydrogens is 255 g/mol. The molecule has 1 aliphatic carbocycles. The molecule has 0 aromatic heterocycles. The maximum Gasteiger partial charge on any atom is 0.241 e. The molecule has 1 aromatic carbocycles. The van der Waals surface area contributed by atoms with Crippen LogP contribution in [0.2, 0.25) is 0 Å². The third-order valence-corrected chi connectivity index (χ3v) is 4.10. The van der Waals surface area contributed by atoms with Gasteiger partial charge in [0.2, 0.25) is 5.91 Å². The molecule has 0 bridgehead atoms. The van der Waals surface area contributed by atoms with Gasteiger partial charge in [0.25, 0.3) is 0 Å². The van der Waals surface area contributed by atoms with Crippen molar-refractivity contribution in [3.05, 3.63) is 29.6 Å². The standard InChI is InChI=1S/C16H23FN2O/c1-11-9-13(17)7-8-15(11)19-16(20)14(18)10-12-5-3-2-4-6-12/h7-9,12,14H,2-6,10,18H2,1H3,(H,19,20). The Kier molecular flexibility index (Phi) is 5.12. The van der Waals surface area contributed by atoms with Gasteiger partial charge in [-0.15, -0.1) is 0 Å². The van der Waals surface area contributed by atoms with Gasteiger partial charge in [-0.25, -0.2) is 4.39 Å². The predicted octanol–water partition coefficient (Wildman–Crippen LogP) is 3.37. The molecule has 1 aromatic rings. The second kappa shape index (κ2) is 6.84. The van der Waals surface area contributed by atoms with E-state index in [0.29, 0.717) is 17.2 Å². The van der Waals surface area contributed by atoms with Crippen LogP contribution < -0.4 is 11.1 Å². The van der Waals surface area contributed by atoms with E-state index >= 15 is 0 Å². The van der Waals surface area contributed by atoms with Crippen molar-refractivity contribution in [1.29, 1.82) is 0 Å². The van der Waals surface area contributed by atoms with Gasteiger partial charge in [0.15, 0.2) is 0 Å². The maximum atomic E-state index is 13.0. The summed E-state index contributed by atoms with van der Waals surface area (Å²) in [4.78, 5) is 12.1. The number of aryl methyl sites for hydroxylation is 1. The summed E-state index contributed by atoms with van der Waals surface area (Å²) in [5, 5.41) is 2.80. The normalized spacial score (nSPS) is 17.8. The molecule has 1 atom stereocenters. The minimum atomic E-state index is -0.484. The fraction of sp³-hybridized carbons (Fsp3) is 0.562. The molecule has 1 amide bonds. The third kappa shape index (κ3) is 4.04. The molecule has 0 spiro atoms. The van der Waals surface area contributed by atoms with Crippen molar-refractivity contribution in [3.63, 3.8) is 0 Å². The van der Waals surface area contributed by atoms with Crippen molar-refractivity contribution >= 4 is 11.6 Å². The summed E-state index contributed by atoms with van der Waals surface area (Å²) in [5.74, 6) is 0.0936. The van der Waals surface area contributed by atoms with E-state index in [1.807, 2.05) is 0 Å². The first-order valence-electron chi connectivity index (χ1n) is 7.39. The van der Waals surface area contributed by atoms with Crippen LogP contribution >= 0.6 is 0 Å². The van der Waals surface area contributed by atoms with Crippen molar-refractivity contribution in [2.24, 2.45) is 11.7 Å². The number of anilines is 1. The van der Waals surface area contributed by atoms with Gasteiger partial charge in [0.1, 0.15) is 5.82 Å². The summed E-state index contributed by atoms with van der Waals surface area (Å²) in [7, 11) is 0. The lowest BCUT2D eigenvalue weighted by molar-refractivity contribution is -0.117. The fourth-order valence-corrected chi connectivity index (χ4v) is 2.88. The Morgan fingerprint density at radius 2 is 2.10 bits per heavy atom. The van der Waals surface area contributed by atoms with Crippen LogP contribution in [-0.2, 0) is 4.79 Å². The van der Waals surface area contributed by atoms with Crippen LogP contribution in [-0.4, -0.2) is 11.9 Å². The van der Waals surface area contributed by atoms with Gasteiger partial charge < -0.3 is 11.1 Å². The van der Waals surface area contributed by atoms with Crippen LogP contribution in [0, 0.1) is 18.7 Å². The summed E-state index contributed by atoms with van der Waals surface area (Å²) in [6.07, 6.45) is 6.89. The molecule has 0 aliphatic heterocycles. The smallest absolute Gasteiger partial charge is 0.241 e. The molecule has 2 rings (SSSR count). The lowest BCUT2D eigenvalue weighted by Crippen LogP contribution is -2.37. The van der Waals surface area contributed by atoms with E-state index in [1.54, 1.807) is 13.0 Å². The van der Waals surface area contributed by atoms with Crippen LogP contribution in [0.3, 0.4) is 0 Å². The number of carbonyl (C=O) groups excluding carboxylic acids is 1. The van der Waals surface area contributed by atoms with E-state index in [4.69, 9.17) is 5.73 Å². The molecule has 4 heteroatoms. The molecule has 1 aliphatic rings. The number of hydrogen-bond donors (Lipinski definition) is 2. The summed E-state index contributed by atoms with van der Waals surface area (Å²) in [6.45, 7) is 1.77. The highest BCUT2D eigenvalue weighted by Gasteiger charge is 2.21. The number of hydrogen-bond acceptors (Lipinski definition) is 2. The molecular formula is C16H23FN2O. The first kappa shape index (κ1) is 15.0. The highest BCUT2D eigenvalue weighted by molar-refractivity contribution is 5.95. The van der Waals surface area contributed by atoms with Crippen molar-refractivity contribution in [2.45, 2.75) is 51.5 Å². The Labute approximate surface area is 119 Å². The van der Waals surface area contributed by atoms with Crippen LogP contribution in [0.5, 0.6) is 0 Å². The average molecular weight is 278 g/mol. The molecule has 0 saturated heterocycles. The largest absolute Gasteiger partial charge is 0.324 e. The van der Waals surface area contributed by atoms with Crippen LogP contribution in [0.15, 0.2) is 18.2 Å². The molecule has 3 nitrogen and oxygen atoms in total. The lowest BCUT2D eigenvalue weighted by atomic mass is 9.85. The van der Waals surface area contributed by atoms with Gasteiger partial charge in [-0.3, -0.25) is 4.79 Å². The zero-order valence-corrected chi connectivity index (χ0v) is 12.0. The first-order valence-corrected chi connectivity index (χ1v) is 7.39. The summed E-state index contributed by atoms with van der Waals surface area (Å²) in [6, 6.07) is 3.84. The van der Waals surface area contributed by atoms with Gasteiger partial charge in [-0.05, 0) is 43.0 Å². The highest BCUT2D eigenvalue weighted by atomic mass is 19.1. The second-order valence-electron chi connectivity index (χ2n) is 5.79. The van der Waals surface area contributed by atoms with Gasteiger partial charge >= 0.3 is 0 Å². The Morgan fingerprint density at radius 1 is 1.40 bits per heavy atom. The first-order chi connectivity index (χ1) is 9.56. The average Bonchev–Trinajstić information content (AvgIpc) is 2.43. The van der Waals surface area contributed by atoms with Crippen molar-refractivity contribution in [1.82, 2.24) is 0 Å². The number of nitrogens with one attached hydrogen (secondary N) is 1.